The molecule has 2 aromatic carbocycles. The summed E-state index contributed by atoms with van der Waals surface area (Å²) in [7, 11) is 0. The summed E-state index contributed by atoms with van der Waals surface area (Å²) >= 11 is 1.54. The third kappa shape index (κ3) is 3.69. The van der Waals surface area contributed by atoms with E-state index in [1.54, 1.807) is 0 Å². The van der Waals surface area contributed by atoms with Crippen molar-refractivity contribution >= 4 is 34.1 Å². The highest BCUT2D eigenvalue weighted by atomic mass is 32.1. The molecule has 0 radical (unpaired) electrons. The summed E-state index contributed by atoms with van der Waals surface area (Å²) in [6.07, 6.45) is 2.33. The Balaban J connectivity index is 1.30. The molecular formula is C25H23N3O3S. The lowest BCUT2D eigenvalue weighted by atomic mass is 10.0. The van der Waals surface area contributed by atoms with Gasteiger partial charge in [0.25, 0.3) is 11.8 Å². The molecule has 1 saturated heterocycles. The SMILES string of the molecule is Cc1cccc(-c2sc(C)nc2C(=O)N2CC[C@@H]2CNC(=O)c2coc3ccccc23)c1. The molecule has 162 valence electrons. The van der Waals surface area contributed by atoms with Gasteiger partial charge in [0.15, 0.2) is 0 Å². The Morgan fingerprint density at radius 1 is 1.19 bits per heavy atom. The third-order valence-electron chi connectivity index (χ3n) is 5.85. The van der Waals surface area contributed by atoms with Crippen molar-refractivity contribution in [2.75, 3.05) is 13.1 Å². The fourth-order valence-corrected chi connectivity index (χ4v) is 4.98. The molecule has 0 saturated carbocycles. The molecule has 1 aliphatic rings. The summed E-state index contributed by atoms with van der Waals surface area (Å²) in [5, 5.41) is 4.61. The number of likely N-dealkylation sites (tertiary alicyclic amines) is 1. The molecule has 2 amide bonds. The number of aromatic nitrogens is 1. The highest BCUT2D eigenvalue weighted by Gasteiger charge is 2.35. The lowest BCUT2D eigenvalue weighted by molar-refractivity contribution is 0.0451. The second-order valence-electron chi connectivity index (χ2n) is 8.08. The van der Waals surface area contributed by atoms with E-state index < -0.39 is 0 Å². The molecule has 7 heteroatoms. The lowest BCUT2D eigenvalue weighted by Crippen LogP contribution is -2.56. The van der Waals surface area contributed by atoms with Gasteiger partial charge in [0.05, 0.1) is 21.5 Å². The number of furan rings is 1. The van der Waals surface area contributed by atoms with Crippen LogP contribution in [0.5, 0.6) is 0 Å². The average Bonchev–Trinajstić information content (AvgIpc) is 3.36. The van der Waals surface area contributed by atoms with Crippen LogP contribution in [0.4, 0.5) is 0 Å². The maximum absolute atomic E-state index is 13.3. The molecule has 32 heavy (non-hydrogen) atoms. The van der Waals surface area contributed by atoms with Crippen LogP contribution in [0.25, 0.3) is 21.4 Å². The molecule has 1 fully saturated rings. The van der Waals surface area contributed by atoms with E-state index in [0.29, 0.717) is 29.9 Å². The minimum absolute atomic E-state index is 0.0445. The molecule has 0 spiro atoms. The quantitative estimate of drug-likeness (QED) is 0.478. The van der Waals surface area contributed by atoms with E-state index in [1.165, 1.54) is 17.6 Å². The molecule has 0 bridgehead atoms. The molecule has 5 rings (SSSR count). The van der Waals surface area contributed by atoms with Crippen LogP contribution in [0.3, 0.4) is 0 Å². The van der Waals surface area contributed by atoms with E-state index in [-0.39, 0.29) is 17.9 Å². The number of hydrogen-bond donors (Lipinski definition) is 1. The molecule has 1 N–H and O–H groups in total. The number of benzene rings is 2. The smallest absolute Gasteiger partial charge is 0.274 e. The molecule has 1 aliphatic heterocycles. The summed E-state index contributed by atoms with van der Waals surface area (Å²) in [5.41, 5.74) is 3.84. The maximum Gasteiger partial charge on any atom is 0.274 e. The predicted molar refractivity (Wildman–Crippen MR) is 125 cm³/mol. The minimum Gasteiger partial charge on any atom is -0.463 e. The van der Waals surface area contributed by atoms with E-state index in [9.17, 15) is 9.59 Å². The number of fused-ring (bicyclic) bond motifs is 1. The van der Waals surface area contributed by atoms with Crippen LogP contribution in [0.15, 0.2) is 59.2 Å². The van der Waals surface area contributed by atoms with Crippen LogP contribution in [-0.2, 0) is 0 Å². The zero-order valence-electron chi connectivity index (χ0n) is 17.9. The van der Waals surface area contributed by atoms with Crippen molar-refractivity contribution in [2.24, 2.45) is 0 Å². The van der Waals surface area contributed by atoms with E-state index >= 15 is 0 Å². The van der Waals surface area contributed by atoms with E-state index in [1.807, 2.05) is 61.2 Å². The second-order valence-corrected chi connectivity index (χ2v) is 9.28. The van der Waals surface area contributed by atoms with E-state index in [0.717, 1.165) is 32.8 Å². The second kappa shape index (κ2) is 8.24. The Morgan fingerprint density at radius 2 is 2.03 bits per heavy atom. The van der Waals surface area contributed by atoms with Crippen molar-refractivity contribution in [1.29, 1.82) is 0 Å². The summed E-state index contributed by atoms with van der Waals surface area (Å²) in [4.78, 5) is 33.3. The number of hydrogen-bond acceptors (Lipinski definition) is 5. The third-order valence-corrected chi connectivity index (χ3v) is 6.87. The molecular weight excluding hydrogens is 422 g/mol. The van der Waals surface area contributed by atoms with Crippen molar-refractivity contribution < 1.29 is 14.0 Å². The zero-order valence-corrected chi connectivity index (χ0v) is 18.7. The monoisotopic (exact) mass is 445 g/mol. The number of thiazole rings is 1. The number of para-hydroxylation sites is 1. The number of carbonyl (C=O) groups is 2. The van der Waals surface area contributed by atoms with Gasteiger partial charge in [-0.05, 0) is 31.9 Å². The topological polar surface area (TPSA) is 75.4 Å². The Hall–Kier alpha value is -3.45. The first kappa shape index (κ1) is 20.5. The number of rotatable bonds is 5. The molecule has 4 aromatic rings. The van der Waals surface area contributed by atoms with Crippen LogP contribution in [0.1, 0.15) is 37.8 Å². The average molecular weight is 446 g/mol. The van der Waals surface area contributed by atoms with Crippen molar-refractivity contribution in [3.63, 3.8) is 0 Å². The fourth-order valence-electron chi connectivity index (χ4n) is 4.07. The summed E-state index contributed by atoms with van der Waals surface area (Å²) < 4.78 is 5.47. The zero-order chi connectivity index (χ0) is 22.2. The van der Waals surface area contributed by atoms with Crippen molar-refractivity contribution in [2.45, 2.75) is 26.3 Å². The van der Waals surface area contributed by atoms with Gasteiger partial charge >= 0.3 is 0 Å². The van der Waals surface area contributed by atoms with Crippen LogP contribution in [0, 0.1) is 13.8 Å². The molecule has 3 heterocycles. The van der Waals surface area contributed by atoms with Crippen molar-refractivity contribution in [1.82, 2.24) is 15.2 Å². The number of aryl methyl sites for hydroxylation is 2. The van der Waals surface area contributed by atoms with Gasteiger partial charge in [0.1, 0.15) is 17.5 Å². The van der Waals surface area contributed by atoms with Gasteiger partial charge < -0.3 is 14.6 Å². The maximum atomic E-state index is 13.3. The minimum atomic E-state index is -0.195. The van der Waals surface area contributed by atoms with E-state index in [4.69, 9.17) is 4.42 Å². The molecule has 2 aromatic heterocycles. The van der Waals surface area contributed by atoms with Crippen LogP contribution >= 0.6 is 11.3 Å². The van der Waals surface area contributed by atoms with Gasteiger partial charge in [-0.2, -0.15) is 0 Å². The molecule has 0 unspecified atom stereocenters. The van der Waals surface area contributed by atoms with Crippen molar-refractivity contribution in [3.05, 3.63) is 76.6 Å². The van der Waals surface area contributed by atoms with Crippen LogP contribution in [0.2, 0.25) is 0 Å². The first-order valence-electron chi connectivity index (χ1n) is 10.6. The van der Waals surface area contributed by atoms with Crippen LogP contribution < -0.4 is 5.32 Å². The Morgan fingerprint density at radius 3 is 2.81 bits per heavy atom. The van der Waals surface area contributed by atoms with Crippen LogP contribution in [-0.4, -0.2) is 40.8 Å². The van der Waals surface area contributed by atoms with Gasteiger partial charge in [-0.15, -0.1) is 11.3 Å². The molecule has 6 nitrogen and oxygen atoms in total. The van der Waals surface area contributed by atoms with Gasteiger partial charge in [0.2, 0.25) is 0 Å². The molecule has 1 atom stereocenters. The number of nitrogens with one attached hydrogen (secondary N) is 1. The summed E-state index contributed by atoms with van der Waals surface area (Å²) in [6, 6.07) is 15.5. The number of nitrogens with zero attached hydrogens (tertiary/aromatic N) is 2. The number of amides is 2. The van der Waals surface area contributed by atoms with Gasteiger partial charge in [-0.1, -0.05) is 48.0 Å². The Kier molecular flexibility index (Phi) is 5.27. The first-order valence-corrected chi connectivity index (χ1v) is 11.4. The number of carbonyl (C=O) groups excluding carboxylic acids is 2. The summed E-state index contributed by atoms with van der Waals surface area (Å²) in [5.74, 6) is -0.274. The van der Waals surface area contributed by atoms with E-state index in [2.05, 4.69) is 16.4 Å². The van der Waals surface area contributed by atoms with Gasteiger partial charge in [-0.3, -0.25) is 9.59 Å². The van der Waals surface area contributed by atoms with Crippen molar-refractivity contribution in [3.8, 4) is 10.4 Å². The largest absolute Gasteiger partial charge is 0.463 e. The Labute approximate surface area is 189 Å². The van der Waals surface area contributed by atoms with Gasteiger partial charge in [0, 0.05) is 18.5 Å². The standard InChI is InChI=1S/C25H23N3O3S/c1-15-6-5-7-17(12-15)23-22(27-16(2)32-23)25(30)28-11-10-18(28)13-26-24(29)20-14-31-21-9-4-3-8-19(20)21/h3-9,12,14,18H,10-11,13H2,1-2H3,(H,26,29)/t18-/m1/s1. The Bertz CT molecular complexity index is 1320. The summed E-state index contributed by atoms with van der Waals surface area (Å²) in [6.45, 7) is 5.02. The highest BCUT2D eigenvalue weighted by molar-refractivity contribution is 7.15. The first-order chi connectivity index (χ1) is 15.5. The molecule has 0 aliphatic carbocycles. The predicted octanol–water partition coefficient (Wildman–Crippen LogP) is 4.82. The van der Waals surface area contributed by atoms with Gasteiger partial charge in [-0.25, -0.2) is 4.98 Å². The highest BCUT2D eigenvalue weighted by Crippen LogP contribution is 2.33. The fraction of sp³-hybridized carbons (Fsp3) is 0.240. The lowest BCUT2D eigenvalue weighted by Gasteiger charge is -2.40. The normalized spacial score (nSPS) is 15.6.